The third-order valence-electron chi connectivity index (χ3n) is 2.96. The molecule has 1 aromatic carbocycles. The number of carbonyl (C=O) groups excluding carboxylic acids is 1. The Labute approximate surface area is 106 Å². The summed E-state index contributed by atoms with van der Waals surface area (Å²) in [6.07, 6.45) is 1.23. The molecule has 96 valence electrons. The van der Waals surface area contributed by atoms with Crippen LogP contribution >= 0.6 is 0 Å². The smallest absolute Gasteiger partial charge is 0.337 e. The van der Waals surface area contributed by atoms with Gasteiger partial charge in [-0.15, -0.1) is 0 Å². The molecule has 0 radical (unpaired) electrons. The Morgan fingerprint density at radius 2 is 2.39 bits per heavy atom. The Bertz CT molecular complexity index is 482. The van der Waals surface area contributed by atoms with Crippen molar-refractivity contribution in [2.24, 2.45) is 0 Å². The molecule has 1 aliphatic rings. The van der Waals surface area contributed by atoms with E-state index in [0.717, 1.165) is 23.4 Å². The fraction of sp³-hybridized carbons (Fsp3) is 0.357. The third kappa shape index (κ3) is 2.47. The molecule has 1 atom stereocenters. The molecular weight excluding hydrogens is 230 g/mol. The number of ether oxygens (including phenoxy) is 2. The molecule has 0 saturated heterocycles. The molecule has 0 bridgehead atoms. The SMILES string of the molecule is C=C(C(=O)OCC)[C@@H]1CCc2cc(N)ccc2O1. The quantitative estimate of drug-likeness (QED) is 0.504. The van der Waals surface area contributed by atoms with Crippen molar-refractivity contribution in [1.29, 1.82) is 0 Å². The lowest BCUT2D eigenvalue weighted by Crippen LogP contribution is -2.29. The van der Waals surface area contributed by atoms with Gasteiger partial charge in [-0.1, -0.05) is 6.58 Å². The van der Waals surface area contributed by atoms with Crippen LogP contribution in [0.4, 0.5) is 5.69 Å². The average molecular weight is 247 g/mol. The molecule has 0 aliphatic carbocycles. The van der Waals surface area contributed by atoms with Crippen molar-refractivity contribution in [1.82, 2.24) is 0 Å². The molecule has 0 aromatic heterocycles. The molecule has 0 spiro atoms. The van der Waals surface area contributed by atoms with E-state index in [1.807, 2.05) is 12.1 Å². The van der Waals surface area contributed by atoms with E-state index < -0.39 is 0 Å². The second-order valence-electron chi connectivity index (χ2n) is 4.26. The van der Waals surface area contributed by atoms with Gasteiger partial charge in [0.25, 0.3) is 0 Å². The Morgan fingerprint density at radius 1 is 1.61 bits per heavy atom. The fourth-order valence-electron chi connectivity index (χ4n) is 2.01. The Balaban J connectivity index is 2.10. The summed E-state index contributed by atoms with van der Waals surface area (Å²) in [6, 6.07) is 5.52. The molecule has 0 amide bonds. The Morgan fingerprint density at radius 3 is 3.11 bits per heavy atom. The zero-order valence-electron chi connectivity index (χ0n) is 10.4. The maximum Gasteiger partial charge on any atom is 0.337 e. The normalized spacial score (nSPS) is 17.5. The lowest BCUT2D eigenvalue weighted by Gasteiger charge is -2.26. The second kappa shape index (κ2) is 5.12. The van der Waals surface area contributed by atoms with Gasteiger partial charge in [0.2, 0.25) is 0 Å². The first-order chi connectivity index (χ1) is 8.61. The van der Waals surface area contributed by atoms with Crippen LogP contribution in [0.2, 0.25) is 0 Å². The fourth-order valence-corrected chi connectivity index (χ4v) is 2.01. The van der Waals surface area contributed by atoms with E-state index in [1.165, 1.54) is 0 Å². The topological polar surface area (TPSA) is 61.5 Å². The van der Waals surface area contributed by atoms with E-state index in [4.69, 9.17) is 15.2 Å². The molecular formula is C14H17NO3. The highest BCUT2D eigenvalue weighted by Crippen LogP contribution is 2.31. The molecule has 2 rings (SSSR count). The van der Waals surface area contributed by atoms with Gasteiger partial charge in [-0.25, -0.2) is 4.79 Å². The number of benzene rings is 1. The monoisotopic (exact) mass is 247 g/mol. The number of carbonyl (C=O) groups is 1. The highest BCUT2D eigenvalue weighted by atomic mass is 16.5. The van der Waals surface area contributed by atoms with E-state index in [2.05, 4.69) is 6.58 Å². The highest BCUT2D eigenvalue weighted by Gasteiger charge is 2.26. The standard InChI is InChI=1S/C14H17NO3/c1-3-17-14(16)9(2)12-6-4-10-8-11(15)5-7-13(10)18-12/h5,7-8,12H,2-4,6,15H2,1H3/t12-/m0/s1. The van der Waals surface area contributed by atoms with Crippen molar-refractivity contribution >= 4 is 11.7 Å². The molecule has 0 unspecified atom stereocenters. The minimum Gasteiger partial charge on any atom is -0.485 e. The number of hydrogen-bond donors (Lipinski definition) is 1. The lowest BCUT2D eigenvalue weighted by atomic mass is 9.98. The van der Waals surface area contributed by atoms with E-state index in [1.54, 1.807) is 13.0 Å². The molecule has 1 aliphatic heterocycles. The molecule has 0 fully saturated rings. The number of anilines is 1. The summed E-state index contributed by atoms with van der Waals surface area (Å²) < 4.78 is 10.7. The van der Waals surface area contributed by atoms with Crippen molar-refractivity contribution in [3.8, 4) is 5.75 Å². The van der Waals surface area contributed by atoms with Crippen LogP contribution in [0.3, 0.4) is 0 Å². The number of hydrogen-bond acceptors (Lipinski definition) is 4. The van der Waals surface area contributed by atoms with E-state index >= 15 is 0 Å². The number of esters is 1. The van der Waals surface area contributed by atoms with Gasteiger partial charge in [0, 0.05) is 5.69 Å². The first kappa shape index (κ1) is 12.5. The maximum absolute atomic E-state index is 11.6. The van der Waals surface area contributed by atoms with Crippen molar-refractivity contribution in [3.05, 3.63) is 35.9 Å². The highest BCUT2D eigenvalue weighted by molar-refractivity contribution is 5.89. The van der Waals surface area contributed by atoms with Gasteiger partial charge in [0.15, 0.2) is 0 Å². The van der Waals surface area contributed by atoms with Crippen LogP contribution in [0, 0.1) is 0 Å². The van der Waals surface area contributed by atoms with Crippen molar-refractivity contribution in [2.45, 2.75) is 25.9 Å². The molecule has 1 aromatic rings. The van der Waals surface area contributed by atoms with Crippen LogP contribution < -0.4 is 10.5 Å². The number of nitrogen functional groups attached to an aromatic ring is 1. The summed E-state index contributed by atoms with van der Waals surface area (Å²) in [4.78, 5) is 11.6. The zero-order chi connectivity index (χ0) is 13.1. The molecule has 0 saturated carbocycles. The van der Waals surface area contributed by atoms with Crippen LogP contribution in [0.25, 0.3) is 0 Å². The summed E-state index contributed by atoms with van der Waals surface area (Å²) in [7, 11) is 0. The van der Waals surface area contributed by atoms with Crippen molar-refractivity contribution in [2.75, 3.05) is 12.3 Å². The van der Waals surface area contributed by atoms with E-state index in [-0.39, 0.29) is 12.1 Å². The van der Waals surface area contributed by atoms with Gasteiger partial charge in [-0.3, -0.25) is 0 Å². The van der Waals surface area contributed by atoms with Crippen molar-refractivity contribution < 1.29 is 14.3 Å². The molecule has 4 heteroatoms. The minimum absolute atomic E-state index is 0.305. The molecule has 18 heavy (non-hydrogen) atoms. The van der Waals surface area contributed by atoms with Crippen molar-refractivity contribution in [3.63, 3.8) is 0 Å². The lowest BCUT2D eigenvalue weighted by molar-refractivity contribution is -0.139. The van der Waals surface area contributed by atoms with Gasteiger partial charge in [0.05, 0.1) is 12.2 Å². The van der Waals surface area contributed by atoms with Crippen LogP contribution in [-0.2, 0) is 16.0 Å². The van der Waals surface area contributed by atoms with Gasteiger partial charge in [-0.05, 0) is 43.5 Å². The summed E-state index contributed by atoms with van der Waals surface area (Å²) >= 11 is 0. The van der Waals surface area contributed by atoms with Gasteiger partial charge in [0.1, 0.15) is 11.9 Å². The number of fused-ring (bicyclic) bond motifs is 1. The first-order valence-corrected chi connectivity index (χ1v) is 6.02. The third-order valence-corrected chi connectivity index (χ3v) is 2.96. The summed E-state index contributed by atoms with van der Waals surface area (Å²) in [5, 5.41) is 0. The predicted octanol–water partition coefficient (Wildman–Crippen LogP) is 2.08. The predicted molar refractivity (Wildman–Crippen MR) is 69.4 cm³/mol. The first-order valence-electron chi connectivity index (χ1n) is 6.02. The molecule has 1 heterocycles. The number of nitrogens with two attached hydrogens (primary N) is 1. The largest absolute Gasteiger partial charge is 0.485 e. The van der Waals surface area contributed by atoms with E-state index in [9.17, 15) is 4.79 Å². The Hall–Kier alpha value is -1.97. The van der Waals surface area contributed by atoms with Crippen LogP contribution in [0.1, 0.15) is 18.9 Å². The summed E-state index contributed by atoms with van der Waals surface area (Å²) in [5.74, 6) is 0.382. The summed E-state index contributed by atoms with van der Waals surface area (Å²) in [6.45, 7) is 5.88. The van der Waals surface area contributed by atoms with E-state index in [0.29, 0.717) is 18.6 Å². The summed E-state index contributed by atoms with van der Waals surface area (Å²) in [5.41, 5.74) is 7.89. The second-order valence-corrected chi connectivity index (χ2v) is 4.26. The Kier molecular flexibility index (Phi) is 3.55. The number of rotatable bonds is 3. The van der Waals surface area contributed by atoms with Crippen LogP contribution in [-0.4, -0.2) is 18.7 Å². The minimum atomic E-state index is -0.388. The van der Waals surface area contributed by atoms with Crippen LogP contribution in [0.5, 0.6) is 5.75 Å². The number of aryl methyl sites for hydroxylation is 1. The van der Waals surface area contributed by atoms with Gasteiger partial charge >= 0.3 is 5.97 Å². The maximum atomic E-state index is 11.6. The van der Waals surface area contributed by atoms with Gasteiger partial charge < -0.3 is 15.2 Å². The zero-order valence-corrected chi connectivity index (χ0v) is 10.4. The van der Waals surface area contributed by atoms with Gasteiger partial charge in [-0.2, -0.15) is 0 Å². The average Bonchev–Trinajstić information content (AvgIpc) is 2.37. The van der Waals surface area contributed by atoms with Crippen LogP contribution in [0.15, 0.2) is 30.4 Å². The molecule has 4 nitrogen and oxygen atoms in total. The molecule has 2 N–H and O–H groups in total.